The molecular formula is C11H15N5. The van der Waals surface area contributed by atoms with Crippen LogP contribution in [0.1, 0.15) is 6.92 Å². The quantitative estimate of drug-likeness (QED) is 0.822. The Morgan fingerprint density at radius 2 is 2.00 bits per heavy atom. The first kappa shape index (κ1) is 10.5. The third kappa shape index (κ3) is 2.50. The molecule has 2 aromatic heterocycles. The van der Waals surface area contributed by atoms with E-state index in [1.807, 2.05) is 44.4 Å². The molecule has 16 heavy (non-hydrogen) atoms. The second-order valence-corrected chi connectivity index (χ2v) is 3.44. The monoisotopic (exact) mass is 217 g/mol. The zero-order valence-electron chi connectivity index (χ0n) is 9.44. The lowest BCUT2D eigenvalue weighted by molar-refractivity contribution is 0.771. The minimum Gasteiger partial charge on any atom is -0.370 e. The standard InChI is InChI=1S/C11H15N5/c1-3-12-9-5-4-6-10(13-9)14-11-7-8-16(2)15-11/h4-8H,3H2,1-2H3,(H2,12,13,14,15). The predicted octanol–water partition coefficient (Wildman–Crippen LogP) is 1.99. The van der Waals surface area contributed by atoms with Gasteiger partial charge in [0.1, 0.15) is 11.6 Å². The molecule has 0 spiro atoms. The van der Waals surface area contributed by atoms with Gasteiger partial charge in [-0.25, -0.2) is 4.98 Å². The molecule has 0 aromatic carbocycles. The molecule has 84 valence electrons. The summed E-state index contributed by atoms with van der Waals surface area (Å²) < 4.78 is 1.75. The van der Waals surface area contributed by atoms with E-state index in [2.05, 4.69) is 20.7 Å². The van der Waals surface area contributed by atoms with Gasteiger partial charge in [0.25, 0.3) is 0 Å². The summed E-state index contributed by atoms with van der Waals surface area (Å²) in [6.45, 7) is 2.90. The fourth-order valence-corrected chi connectivity index (χ4v) is 1.40. The first-order valence-electron chi connectivity index (χ1n) is 5.25. The number of aromatic nitrogens is 3. The van der Waals surface area contributed by atoms with Crippen LogP contribution in [0.15, 0.2) is 30.5 Å². The average molecular weight is 217 g/mol. The van der Waals surface area contributed by atoms with Crippen LogP contribution in [0.5, 0.6) is 0 Å². The van der Waals surface area contributed by atoms with Crippen LogP contribution >= 0.6 is 0 Å². The Labute approximate surface area is 94.5 Å². The lowest BCUT2D eigenvalue weighted by Gasteiger charge is -2.05. The number of aryl methyl sites for hydroxylation is 1. The Balaban J connectivity index is 2.12. The molecule has 5 nitrogen and oxygen atoms in total. The van der Waals surface area contributed by atoms with Crippen molar-refractivity contribution >= 4 is 17.5 Å². The second-order valence-electron chi connectivity index (χ2n) is 3.44. The second kappa shape index (κ2) is 4.65. The van der Waals surface area contributed by atoms with Gasteiger partial charge in [0.15, 0.2) is 5.82 Å². The van der Waals surface area contributed by atoms with Crippen LogP contribution in [-0.4, -0.2) is 21.3 Å². The van der Waals surface area contributed by atoms with Gasteiger partial charge >= 0.3 is 0 Å². The number of nitrogens with zero attached hydrogens (tertiary/aromatic N) is 3. The summed E-state index contributed by atoms with van der Waals surface area (Å²) in [4.78, 5) is 4.40. The van der Waals surface area contributed by atoms with Crippen LogP contribution in [0.3, 0.4) is 0 Å². The Hall–Kier alpha value is -2.04. The molecule has 0 unspecified atom stereocenters. The average Bonchev–Trinajstić information content (AvgIpc) is 2.65. The zero-order valence-corrected chi connectivity index (χ0v) is 9.44. The molecule has 0 radical (unpaired) electrons. The molecule has 0 saturated carbocycles. The molecule has 0 amide bonds. The van der Waals surface area contributed by atoms with E-state index in [9.17, 15) is 0 Å². The van der Waals surface area contributed by atoms with Crippen LogP contribution in [0.4, 0.5) is 17.5 Å². The van der Waals surface area contributed by atoms with Gasteiger partial charge in [-0.3, -0.25) is 4.68 Å². The van der Waals surface area contributed by atoms with Gasteiger partial charge in [-0.15, -0.1) is 0 Å². The molecule has 5 heteroatoms. The molecular weight excluding hydrogens is 202 g/mol. The van der Waals surface area contributed by atoms with Crippen LogP contribution in [0.25, 0.3) is 0 Å². The summed E-state index contributed by atoms with van der Waals surface area (Å²) in [7, 11) is 1.88. The molecule has 0 aliphatic rings. The molecule has 0 atom stereocenters. The summed E-state index contributed by atoms with van der Waals surface area (Å²) >= 11 is 0. The highest BCUT2D eigenvalue weighted by Crippen LogP contribution is 2.13. The van der Waals surface area contributed by atoms with Crippen LogP contribution in [-0.2, 0) is 7.05 Å². The fraction of sp³-hybridized carbons (Fsp3) is 0.273. The highest BCUT2D eigenvalue weighted by molar-refractivity contribution is 5.54. The first-order chi connectivity index (χ1) is 7.78. The number of pyridine rings is 1. The normalized spacial score (nSPS) is 10.1. The summed E-state index contributed by atoms with van der Waals surface area (Å²) in [5.41, 5.74) is 0. The van der Waals surface area contributed by atoms with Gasteiger partial charge in [-0.2, -0.15) is 5.10 Å². The van der Waals surface area contributed by atoms with Crippen molar-refractivity contribution in [1.29, 1.82) is 0 Å². The lowest BCUT2D eigenvalue weighted by atomic mass is 10.4. The molecule has 2 heterocycles. The number of rotatable bonds is 4. The molecule has 2 aromatic rings. The third-order valence-corrected chi connectivity index (χ3v) is 2.08. The van der Waals surface area contributed by atoms with Crippen molar-refractivity contribution < 1.29 is 0 Å². The number of anilines is 3. The fourth-order valence-electron chi connectivity index (χ4n) is 1.40. The summed E-state index contributed by atoms with van der Waals surface area (Å²) in [5.74, 6) is 2.45. The van der Waals surface area contributed by atoms with Crippen molar-refractivity contribution in [3.05, 3.63) is 30.5 Å². The Kier molecular flexibility index (Phi) is 3.05. The SMILES string of the molecule is CCNc1cccc(Nc2ccn(C)n2)n1. The van der Waals surface area contributed by atoms with Crippen molar-refractivity contribution in [1.82, 2.24) is 14.8 Å². The first-order valence-corrected chi connectivity index (χ1v) is 5.25. The minimum atomic E-state index is 0.789. The maximum absolute atomic E-state index is 4.40. The van der Waals surface area contributed by atoms with Crippen molar-refractivity contribution in [3.63, 3.8) is 0 Å². The van der Waals surface area contributed by atoms with Crippen LogP contribution in [0.2, 0.25) is 0 Å². The van der Waals surface area contributed by atoms with E-state index >= 15 is 0 Å². The van der Waals surface area contributed by atoms with Gasteiger partial charge in [0, 0.05) is 25.9 Å². The lowest BCUT2D eigenvalue weighted by Crippen LogP contribution is -2.01. The Morgan fingerprint density at radius 3 is 2.69 bits per heavy atom. The van der Waals surface area contributed by atoms with Gasteiger partial charge in [-0.1, -0.05) is 6.07 Å². The van der Waals surface area contributed by atoms with E-state index in [0.29, 0.717) is 0 Å². The number of nitrogens with one attached hydrogen (secondary N) is 2. The van der Waals surface area contributed by atoms with E-state index in [-0.39, 0.29) is 0 Å². The molecule has 0 bridgehead atoms. The van der Waals surface area contributed by atoms with E-state index in [1.165, 1.54) is 0 Å². The van der Waals surface area contributed by atoms with Gasteiger partial charge in [0.05, 0.1) is 0 Å². The maximum atomic E-state index is 4.40. The van der Waals surface area contributed by atoms with Crippen molar-refractivity contribution in [2.45, 2.75) is 6.92 Å². The maximum Gasteiger partial charge on any atom is 0.153 e. The predicted molar refractivity (Wildman–Crippen MR) is 64.9 cm³/mol. The molecule has 0 aliphatic heterocycles. The van der Waals surface area contributed by atoms with Gasteiger partial charge in [-0.05, 0) is 19.1 Å². The van der Waals surface area contributed by atoms with E-state index in [4.69, 9.17) is 0 Å². The molecule has 0 saturated heterocycles. The summed E-state index contributed by atoms with van der Waals surface area (Å²) in [6, 6.07) is 7.71. The summed E-state index contributed by atoms with van der Waals surface area (Å²) in [6.07, 6.45) is 1.89. The largest absolute Gasteiger partial charge is 0.370 e. The number of hydrogen-bond acceptors (Lipinski definition) is 4. The number of hydrogen-bond donors (Lipinski definition) is 2. The minimum absolute atomic E-state index is 0.789. The van der Waals surface area contributed by atoms with Crippen LogP contribution in [0, 0.1) is 0 Å². The van der Waals surface area contributed by atoms with E-state index in [1.54, 1.807) is 4.68 Å². The van der Waals surface area contributed by atoms with Crippen molar-refractivity contribution in [3.8, 4) is 0 Å². The van der Waals surface area contributed by atoms with Crippen molar-refractivity contribution in [2.75, 3.05) is 17.2 Å². The third-order valence-electron chi connectivity index (χ3n) is 2.08. The zero-order chi connectivity index (χ0) is 11.4. The molecule has 2 rings (SSSR count). The van der Waals surface area contributed by atoms with Crippen LogP contribution < -0.4 is 10.6 Å². The highest BCUT2D eigenvalue weighted by atomic mass is 15.3. The van der Waals surface area contributed by atoms with Crippen molar-refractivity contribution in [2.24, 2.45) is 7.05 Å². The Morgan fingerprint density at radius 1 is 1.19 bits per heavy atom. The summed E-state index contributed by atoms with van der Waals surface area (Å²) in [5, 5.41) is 10.5. The highest BCUT2D eigenvalue weighted by Gasteiger charge is 1.99. The van der Waals surface area contributed by atoms with E-state index < -0.39 is 0 Å². The molecule has 0 fully saturated rings. The Bertz CT molecular complexity index is 463. The smallest absolute Gasteiger partial charge is 0.153 e. The van der Waals surface area contributed by atoms with Gasteiger partial charge in [0.2, 0.25) is 0 Å². The molecule has 0 aliphatic carbocycles. The topological polar surface area (TPSA) is 54.8 Å². The van der Waals surface area contributed by atoms with Gasteiger partial charge < -0.3 is 10.6 Å². The van der Waals surface area contributed by atoms with E-state index in [0.717, 1.165) is 24.0 Å². The molecule has 2 N–H and O–H groups in total.